The van der Waals surface area contributed by atoms with E-state index in [0.29, 0.717) is 5.25 Å². The van der Waals surface area contributed by atoms with Gasteiger partial charge in [-0.2, -0.15) is 11.8 Å². The third kappa shape index (κ3) is 2.01. The van der Waals surface area contributed by atoms with Crippen LogP contribution in [-0.4, -0.2) is 29.1 Å². The summed E-state index contributed by atoms with van der Waals surface area (Å²) in [6.07, 6.45) is 3.70. The van der Waals surface area contributed by atoms with Gasteiger partial charge in [-0.3, -0.25) is 4.98 Å². The lowest BCUT2D eigenvalue weighted by Crippen LogP contribution is -2.36. The van der Waals surface area contributed by atoms with Crippen molar-refractivity contribution in [2.24, 2.45) is 0 Å². The average molecular weight is 259 g/mol. The number of nitrogens with zero attached hydrogens (tertiary/aromatic N) is 2. The highest BCUT2D eigenvalue weighted by Gasteiger charge is 2.18. The molecular formula is C14H17N3S. The molecule has 0 bridgehead atoms. The molecule has 18 heavy (non-hydrogen) atoms. The predicted molar refractivity (Wildman–Crippen MR) is 80.3 cm³/mol. The van der Waals surface area contributed by atoms with Crippen LogP contribution >= 0.6 is 11.8 Å². The van der Waals surface area contributed by atoms with Gasteiger partial charge in [0.25, 0.3) is 0 Å². The van der Waals surface area contributed by atoms with Crippen molar-refractivity contribution in [2.45, 2.75) is 12.2 Å². The van der Waals surface area contributed by atoms with Gasteiger partial charge in [0, 0.05) is 58.6 Å². The minimum Gasteiger partial charge on any atom is -0.398 e. The maximum atomic E-state index is 6.02. The van der Waals surface area contributed by atoms with Gasteiger partial charge in [-0.05, 0) is 18.2 Å². The van der Waals surface area contributed by atoms with Gasteiger partial charge < -0.3 is 10.6 Å². The second-order valence-electron chi connectivity index (χ2n) is 4.72. The smallest absolute Gasteiger partial charge is 0.0449 e. The van der Waals surface area contributed by atoms with E-state index in [4.69, 9.17) is 5.73 Å². The highest BCUT2D eigenvalue weighted by atomic mass is 32.2. The molecule has 1 saturated heterocycles. The standard InChI is InChI=1S/C14H17N3S/c1-10-9-17(6-7-18-10)14-3-2-13(15)12-8-16-5-4-11(12)14/h2-5,8,10H,6-7,9,15H2,1H3. The number of benzene rings is 1. The fraction of sp³-hybridized carbons (Fsp3) is 0.357. The van der Waals surface area contributed by atoms with Crippen molar-refractivity contribution in [3.63, 3.8) is 0 Å². The number of hydrogen-bond donors (Lipinski definition) is 1. The molecule has 0 saturated carbocycles. The molecule has 1 aromatic heterocycles. The average Bonchev–Trinajstić information content (AvgIpc) is 2.39. The monoisotopic (exact) mass is 259 g/mol. The second kappa shape index (κ2) is 4.69. The molecule has 3 rings (SSSR count). The van der Waals surface area contributed by atoms with Gasteiger partial charge in [-0.1, -0.05) is 6.92 Å². The molecule has 2 aromatic rings. The van der Waals surface area contributed by atoms with Crippen molar-refractivity contribution in [3.05, 3.63) is 30.6 Å². The van der Waals surface area contributed by atoms with Crippen molar-refractivity contribution >= 4 is 33.9 Å². The Labute approximate surface area is 111 Å². The molecule has 0 radical (unpaired) electrons. The molecule has 1 aliphatic heterocycles. The summed E-state index contributed by atoms with van der Waals surface area (Å²) in [7, 11) is 0. The number of thioether (sulfide) groups is 1. The zero-order valence-corrected chi connectivity index (χ0v) is 11.3. The van der Waals surface area contributed by atoms with Gasteiger partial charge in [0.15, 0.2) is 0 Å². The van der Waals surface area contributed by atoms with Crippen molar-refractivity contribution < 1.29 is 0 Å². The number of fused-ring (bicyclic) bond motifs is 1. The van der Waals surface area contributed by atoms with Gasteiger partial charge >= 0.3 is 0 Å². The van der Waals surface area contributed by atoms with Crippen LogP contribution in [0.2, 0.25) is 0 Å². The fourth-order valence-corrected chi connectivity index (χ4v) is 3.52. The highest BCUT2D eigenvalue weighted by Crippen LogP contribution is 2.32. The molecule has 1 fully saturated rings. The van der Waals surface area contributed by atoms with Gasteiger partial charge in [0.1, 0.15) is 0 Å². The van der Waals surface area contributed by atoms with Crippen LogP contribution in [0.4, 0.5) is 11.4 Å². The van der Waals surface area contributed by atoms with Crippen LogP contribution in [0.5, 0.6) is 0 Å². The Morgan fingerprint density at radius 3 is 3.06 bits per heavy atom. The first-order valence-corrected chi connectivity index (χ1v) is 7.29. The molecule has 1 aliphatic rings. The largest absolute Gasteiger partial charge is 0.398 e. The maximum absolute atomic E-state index is 6.02. The molecule has 4 heteroatoms. The lowest BCUT2D eigenvalue weighted by Gasteiger charge is -2.33. The van der Waals surface area contributed by atoms with Gasteiger partial charge in [-0.15, -0.1) is 0 Å². The maximum Gasteiger partial charge on any atom is 0.0449 e. The summed E-state index contributed by atoms with van der Waals surface area (Å²) < 4.78 is 0. The zero-order valence-electron chi connectivity index (χ0n) is 10.5. The highest BCUT2D eigenvalue weighted by molar-refractivity contribution is 8.00. The lowest BCUT2D eigenvalue weighted by molar-refractivity contribution is 0.786. The number of hydrogen-bond acceptors (Lipinski definition) is 4. The second-order valence-corrected chi connectivity index (χ2v) is 6.27. The van der Waals surface area contributed by atoms with E-state index in [1.165, 1.54) is 16.8 Å². The molecule has 2 heterocycles. The number of rotatable bonds is 1. The van der Waals surface area contributed by atoms with Crippen LogP contribution in [0.3, 0.4) is 0 Å². The summed E-state index contributed by atoms with van der Waals surface area (Å²) in [6, 6.07) is 6.19. The van der Waals surface area contributed by atoms with Crippen LogP contribution < -0.4 is 10.6 Å². The summed E-state index contributed by atoms with van der Waals surface area (Å²) in [5, 5.41) is 2.96. The van der Waals surface area contributed by atoms with E-state index in [-0.39, 0.29) is 0 Å². The fourth-order valence-electron chi connectivity index (χ4n) is 2.51. The third-order valence-corrected chi connectivity index (χ3v) is 4.55. The molecule has 1 atom stereocenters. The number of aromatic nitrogens is 1. The lowest BCUT2D eigenvalue weighted by atomic mass is 10.1. The Hall–Kier alpha value is -1.42. The zero-order chi connectivity index (χ0) is 12.5. The van der Waals surface area contributed by atoms with E-state index >= 15 is 0 Å². The Morgan fingerprint density at radius 1 is 1.33 bits per heavy atom. The van der Waals surface area contributed by atoms with E-state index < -0.39 is 0 Å². The molecule has 94 valence electrons. The third-order valence-electron chi connectivity index (χ3n) is 3.41. The summed E-state index contributed by atoms with van der Waals surface area (Å²) >= 11 is 2.05. The number of pyridine rings is 1. The minimum atomic E-state index is 0.688. The van der Waals surface area contributed by atoms with Crippen molar-refractivity contribution in [2.75, 3.05) is 29.5 Å². The Balaban J connectivity index is 2.09. The summed E-state index contributed by atoms with van der Waals surface area (Å²) in [5.41, 5.74) is 8.11. The Morgan fingerprint density at radius 2 is 2.22 bits per heavy atom. The molecule has 2 N–H and O–H groups in total. The van der Waals surface area contributed by atoms with Crippen molar-refractivity contribution in [3.8, 4) is 0 Å². The normalized spacial score (nSPS) is 20.3. The number of nitrogens with two attached hydrogens (primary N) is 1. The van der Waals surface area contributed by atoms with E-state index in [1.54, 1.807) is 0 Å². The summed E-state index contributed by atoms with van der Waals surface area (Å²) in [6.45, 7) is 4.50. The van der Waals surface area contributed by atoms with Gasteiger partial charge in [0.2, 0.25) is 0 Å². The Bertz CT molecular complexity index is 570. The van der Waals surface area contributed by atoms with Crippen LogP contribution in [0.1, 0.15) is 6.92 Å². The van der Waals surface area contributed by atoms with E-state index in [0.717, 1.165) is 24.2 Å². The minimum absolute atomic E-state index is 0.688. The van der Waals surface area contributed by atoms with E-state index in [2.05, 4.69) is 28.9 Å². The molecule has 0 amide bonds. The van der Waals surface area contributed by atoms with Crippen LogP contribution in [0.15, 0.2) is 30.6 Å². The predicted octanol–water partition coefficient (Wildman–Crippen LogP) is 2.76. The Kier molecular flexibility index (Phi) is 3.04. The first-order chi connectivity index (χ1) is 8.75. The van der Waals surface area contributed by atoms with Crippen LogP contribution in [0.25, 0.3) is 10.8 Å². The number of nitrogen functional groups attached to an aromatic ring is 1. The van der Waals surface area contributed by atoms with E-state index in [9.17, 15) is 0 Å². The SMILES string of the molecule is CC1CN(c2ccc(N)c3cnccc23)CCS1. The molecule has 0 aliphatic carbocycles. The molecule has 1 aromatic carbocycles. The van der Waals surface area contributed by atoms with Crippen molar-refractivity contribution in [1.82, 2.24) is 4.98 Å². The topological polar surface area (TPSA) is 42.1 Å². The summed E-state index contributed by atoms with van der Waals surface area (Å²) in [5.74, 6) is 1.19. The van der Waals surface area contributed by atoms with Gasteiger partial charge in [0.05, 0.1) is 0 Å². The molecular weight excluding hydrogens is 242 g/mol. The van der Waals surface area contributed by atoms with Gasteiger partial charge in [-0.25, -0.2) is 0 Å². The first-order valence-electron chi connectivity index (χ1n) is 6.24. The molecule has 3 nitrogen and oxygen atoms in total. The van der Waals surface area contributed by atoms with Crippen LogP contribution in [0, 0.1) is 0 Å². The van der Waals surface area contributed by atoms with Crippen LogP contribution in [-0.2, 0) is 0 Å². The first kappa shape index (κ1) is 11.7. The summed E-state index contributed by atoms with van der Waals surface area (Å²) in [4.78, 5) is 6.63. The van der Waals surface area contributed by atoms with E-state index in [1.807, 2.05) is 30.2 Å². The van der Waals surface area contributed by atoms with Crippen molar-refractivity contribution in [1.29, 1.82) is 0 Å². The number of anilines is 2. The molecule has 1 unspecified atom stereocenters. The quantitative estimate of drug-likeness (QED) is 0.800. The molecule has 0 spiro atoms.